The van der Waals surface area contributed by atoms with E-state index in [-0.39, 0.29) is 29.0 Å². The molecule has 1 aromatic heterocycles. The third-order valence-electron chi connectivity index (χ3n) is 5.37. The van der Waals surface area contributed by atoms with Crippen molar-refractivity contribution in [3.63, 3.8) is 0 Å². The fourth-order valence-electron chi connectivity index (χ4n) is 3.81. The maximum absolute atomic E-state index is 13.8. The van der Waals surface area contributed by atoms with Crippen LogP contribution in [0.1, 0.15) is 54.7 Å². The second-order valence-electron chi connectivity index (χ2n) is 7.47. The molecule has 2 aromatic carbocycles. The van der Waals surface area contributed by atoms with Crippen LogP contribution in [0.15, 0.2) is 52.2 Å². The lowest BCUT2D eigenvalue weighted by Gasteiger charge is -2.26. The molecule has 0 aliphatic carbocycles. The SMILES string of the molecule is CCCCCn1nc(C(=O)NC2CCSc3ccc(F)cc32)c2ccccc2c1=O. The maximum Gasteiger partial charge on any atom is 0.274 e. The van der Waals surface area contributed by atoms with Gasteiger partial charge in [-0.2, -0.15) is 5.10 Å². The summed E-state index contributed by atoms with van der Waals surface area (Å²) in [7, 11) is 0. The molecule has 1 aliphatic rings. The van der Waals surface area contributed by atoms with E-state index in [1.807, 2.05) is 0 Å². The van der Waals surface area contributed by atoms with Crippen molar-refractivity contribution in [2.45, 2.75) is 50.1 Å². The van der Waals surface area contributed by atoms with E-state index >= 15 is 0 Å². The lowest BCUT2D eigenvalue weighted by molar-refractivity contribution is 0.0929. The first-order valence-electron chi connectivity index (χ1n) is 10.3. The molecule has 0 radical (unpaired) electrons. The number of fused-ring (bicyclic) bond motifs is 2. The number of aryl methyl sites for hydroxylation is 1. The van der Waals surface area contributed by atoms with Crippen LogP contribution in [0.4, 0.5) is 4.39 Å². The Morgan fingerprint density at radius 2 is 2.03 bits per heavy atom. The van der Waals surface area contributed by atoms with Crippen LogP contribution in [-0.4, -0.2) is 21.4 Å². The first kappa shape index (κ1) is 20.6. The number of benzene rings is 2. The summed E-state index contributed by atoms with van der Waals surface area (Å²) >= 11 is 1.66. The molecule has 4 rings (SSSR count). The number of halogens is 1. The first-order chi connectivity index (χ1) is 14.6. The average molecular weight is 426 g/mol. The number of unbranched alkanes of at least 4 members (excludes halogenated alkanes) is 2. The number of nitrogens with one attached hydrogen (secondary N) is 1. The van der Waals surface area contributed by atoms with Crippen molar-refractivity contribution < 1.29 is 9.18 Å². The fourth-order valence-corrected chi connectivity index (χ4v) is 4.91. The molecular weight excluding hydrogens is 401 g/mol. The molecule has 156 valence electrons. The van der Waals surface area contributed by atoms with Gasteiger partial charge in [0, 0.05) is 22.6 Å². The Hall–Kier alpha value is -2.67. The number of aromatic nitrogens is 2. The minimum absolute atomic E-state index is 0.181. The molecule has 1 atom stereocenters. The number of thioether (sulfide) groups is 1. The monoisotopic (exact) mass is 425 g/mol. The molecule has 5 nitrogen and oxygen atoms in total. The highest BCUT2D eigenvalue weighted by atomic mass is 32.2. The van der Waals surface area contributed by atoms with Crippen molar-refractivity contribution >= 4 is 28.4 Å². The van der Waals surface area contributed by atoms with E-state index in [1.165, 1.54) is 16.8 Å². The Labute approximate surface area is 178 Å². The largest absolute Gasteiger partial charge is 0.344 e. The molecule has 7 heteroatoms. The quantitative estimate of drug-likeness (QED) is 0.582. The van der Waals surface area contributed by atoms with Crippen LogP contribution in [0.2, 0.25) is 0 Å². The molecule has 0 saturated heterocycles. The van der Waals surface area contributed by atoms with E-state index in [9.17, 15) is 14.0 Å². The van der Waals surface area contributed by atoms with Crippen molar-refractivity contribution in [1.82, 2.24) is 15.1 Å². The Balaban J connectivity index is 1.69. The second-order valence-corrected chi connectivity index (χ2v) is 8.61. The highest BCUT2D eigenvalue weighted by Crippen LogP contribution is 2.36. The van der Waals surface area contributed by atoms with Crippen molar-refractivity contribution in [2.75, 3.05) is 5.75 Å². The predicted molar refractivity (Wildman–Crippen MR) is 117 cm³/mol. The van der Waals surface area contributed by atoms with Gasteiger partial charge >= 0.3 is 0 Å². The molecule has 30 heavy (non-hydrogen) atoms. The number of carbonyl (C=O) groups excluding carboxylic acids is 1. The average Bonchev–Trinajstić information content (AvgIpc) is 2.76. The van der Waals surface area contributed by atoms with E-state index in [0.29, 0.717) is 23.7 Å². The van der Waals surface area contributed by atoms with Crippen molar-refractivity contribution in [3.8, 4) is 0 Å². The van der Waals surface area contributed by atoms with Gasteiger partial charge in [-0.3, -0.25) is 9.59 Å². The van der Waals surface area contributed by atoms with Gasteiger partial charge in [0.1, 0.15) is 5.82 Å². The topological polar surface area (TPSA) is 64.0 Å². The molecule has 2 heterocycles. The zero-order valence-corrected chi connectivity index (χ0v) is 17.7. The van der Waals surface area contributed by atoms with E-state index in [4.69, 9.17) is 0 Å². The summed E-state index contributed by atoms with van der Waals surface area (Å²) in [6.45, 7) is 2.57. The van der Waals surface area contributed by atoms with Crippen molar-refractivity contribution in [2.24, 2.45) is 0 Å². The van der Waals surface area contributed by atoms with Crippen LogP contribution in [0.5, 0.6) is 0 Å². The molecular formula is C23H24FN3O2S. The Kier molecular flexibility index (Phi) is 6.18. The molecule has 0 fully saturated rings. The second kappa shape index (κ2) is 9.00. The summed E-state index contributed by atoms with van der Waals surface area (Å²) in [6.07, 6.45) is 3.56. The van der Waals surface area contributed by atoms with Crippen LogP contribution in [0, 0.1) is 5.82 Å². The summed E-state index contributed by atoms with van der Waals surface area (Å²) in [5.41, 5.74) is 0.845. The standard InChI is InChI=1S/C23H24FN3O2S/c1-2-3-6-12-27-23(29)17-8-5-4-7-16(17)21(26-27)22(28)25-19-11-13-30-20-10-9-15(24)14-18(19)20/h4-5,7-10,14,19H,2-3,6,11-13H2,1H3,(H,25,28). The molecule has 3 aromatic rings. The molecule has 0 saturated carbocycles. The molecule has 1 unspecified atom stereocenters. The van der Waals surface area contributed by atoms with Crippen molar-refractivity contribution in [3.05, 3.63) is 69.9 Å². The lowest BCUT2D eigenvalue weighted by atomic mass is 10.0. The summed E-state index contributed by atoms with van der Waals surface area (Å²) in [6, 6.07) is 11.5. The van der Waals surface area contributed by atoms with Gasteiger partial charge in [-0.1, -0.05) is 38.0 Å². The van der Waals surface area contributed by atoms with E-state index in [2.05, 4.69) is 17.3 Å². The number of nitrogens with zero attached hydrogens (tertiary/aromatic N) is 2. The smallest absolute Gasteiger partial charge is 0.274 e. The number of rotatable bonds is 6. The molecule has 1 N–H and O–H groups in total. The van der Waals surface area contributed by atoms with Crippen LogP contribution in [-0.2, 0) is 6.54 Å². The van der Waals surface area contributed by atoms with E-state index in [1.54, 1.807) is 42.1 Å². The number of amides is 1. The number of carbonyl (C=O) groups is 1. The van der Waals surface area contributed by atoms with Gasteiger partial charge in [0.2, 0.25) is 0 Å². The molecule has 1 amide bonds. The third kappa shape index (κ3) is 4.12. The summed E-state index contributed by atoms with van der Waals surface area (Å²) in [4.78, 5) is 27.0. The zero-order chi connectivity index (χ0) is 21.1. The third-order valence-corrected chi connectivity index (χ3v) is 6.50. The van der Waals surface area contributed by atoms with Gasteiger partial charge in [-0.15, -0.1) is 11.8 Å². The van der Waals surface area contributed by atoms with Gasteiger partial charge in [0.25, 0.3) is 11.5 Å². The lowest BCUT2D eigenvalue weighted by Crippen LogP contribution is -2.34. The van der Waals surface area contributed by atoms with E-state index in [0.717, 1.165) is 35.5 Å². The molecule has 1 aliphatic heterocycles. The number of hydrogen-bond acceptors (Lipinski definition) is 4. The van der Waals surface area contributed by atoms with E-state index < -0.39 is 0 Å². The maximum atomic E-state index is 13.8. The fraction of sp³-hybridized carbons (Fsp3) is 0.348. The molecule has 0 bridgehead atoms. The van der Waals surface area contributed by atoms with Crippen LogP contribution >= 0.6 is 11.8 Å². The van der Waals surface area contributed by atoms with Gasteiger partial charge in [0.15, 0.2) is 5.69 Å². The Morgan fingerprint density at radius 1 is 1.23 bits per heavy atom. The van der Waals surface area contributed by atoms with Crippen LogP contribution in [0.3, 0.4) is 0 Å². The zero-order valence-electron chi connectivity index (χ0n) is 16.9. The van der Waals surface area contributed by atoms with Crippen LogP contribution < -0.4 is 10.9 Å². The predicted octanol–water partition coefficient (Wildman–Crippen LogP) is 4.69. The minimum Gasteiger partial charge on any atom is -0.344 e. The van der Waals surface area contributed by atoms with Gasteiger partial charge < -0.3 is 5.32 Å². The molecule has 0 spiro atoms. The van der Waals surface area contributed by atoms with Crippen molar-refractivity contribution in [1.29, 1.82) is 0 Å². The highest BCUT2D eigenvalue weighted by molar-refractivity contribution is 7.99. The van der Waals surface area contributed by atoms with Gasteiger partial charge in [0.05, 0.1) is 11.4 Å². The minimum atomic E-state index is -0.345. The Bertz CT molecular complexity index is 1140. The summed E-state index contributed by atoms with van der Waals surface area (Å²) < 4.78 is 15.2. The normalized spacial score (nSPS) is 15.7. The first-order valence-corrected chi connectivity index (χ1v) is 11.3. The van der Waals surface area contributed by atoms with Crippen LogP contribution in [0.25, 0.3) is 10.8 Å². The highest BCUT2D eigenvalue weighted by Gasteiger charge is 2.25. The van der Waals surface area contributed by atoms with Gasteiger partial charge in [-0.25, -0.2) is 9.07 Å². The summed E-state index contributed by atoms with van der Waals surface area (Å²) in [5, 5.41) is 8.48. The van der Waals surface area contributed by atoms with Gasteiger partial charge in [-0.05, 0) is 42.7 Å². The Morgan fingerprint density at radius 3 is 2.83 bits per heavy atom. The number of hydrogen-bond donors (Lipinski definition) is 1. The summed E-state index contributed by atoms with van der Waals surface area (Å²) in [5.74, 6) is 0.181.